The van der Waals surface area contributed by atoms with Crippen molar-refractivity contribution >= 4 is 69.3 Å². The summed E-state index contributed by atoms with van der Waals surface area (Å²) in [6, 6.07) is 22.2. The van der Waals surface area contributed by atoms with Crippen LogP contribution in [0, 0.1) is 33.1 Å². The van der Waals surface area contributed by atoms with Crippen molar-refractivity contribution in [2.75, 3.05) is 44.9 Å². The highest BCUT2D eigenvalue weighted by Gasteiger charge is 2.44. The molecule has 1 fully saturated rings. The number of benzene rings is 3. The van der Waals surface area contributed by atoms with Gasteiger partial charge in [-0.2, -0.15) is 0 Å². The van der Waals surface area contributed by atoms with Crippen LogP contribution in [0.2, 0.25) is 5.02 Å². The third-order valence-corrected chi connectivity index (χ3v) is 15.3. The molecular formula is C54H61ClN8O8S2. The van der Waals surface area contributed by atoms with Gasteiger partial charge in [-0.25, -0.2) is 0 Å². The first-order valence-electron chi connectivity index (χ1n) is 24.2. The van der Waals surface area contributed by atoms with Gasteiger partial charge in [-0.15, -0.1) is 32.9 Å². The lowest BCUT2D eigenvalue weighted by Gasteiger charge is -2.35. The second-order valence-electron chi connectivity index (χ2n) is 19.3. The van der Waals surface area contributed by atoms with E-state index in [1.807, 2.05) is 80.8 Å². The fourth-order valence-electron chi connectivity index (χ4n) is 8.83. The van der Waals surface area contributed by atoms with E-state index in [1.165, 1.54) is 15.3 Å². The normalized spacial score (nSPS) is 16.8. The van der Waals surface area contributed by atoms with Crippen molar-refractivity contribution in [3.8, 4) is 21.2 Å². The number of likely N-dealkylation sites (tertiary alicyclic amines) is 1. The van der Waals surface area contributed by atoms with Crippen molar-refractivity contribution in [3.63, 3.8) is 0 Å². The van der Waals surface area contributed by atoms with Crippen LogP contribution >= 0.6 is 34.3 Å². The van der Waals surface area contributed by atoms with Gasteiger partial charge in [-0.05, 0) is 103 Å². The van der Waals surface area contributed by atoms with Crippen LogP contribution in [0.15, 0.2) is 89.2 Å². The number of nitrogens with one attached hydrogen (secondary N) is 3. The van der Waals surface area contributed by atoms with Crippen LogP contribution in [0.1, 0.15) is 84.0 Å². The van der Waals surface area contributed by atoms with Crippen molar-refractivity contribution in [3.05, 3.63) is 134 Å². The summed E-state index contributed by atoms with van der Waals surface area (Å²) in [7, 11) is 0. The number of aromatic nitrogens is 3. The Hall–Kier alpha value is -6.28. The van der Waals surface area contributed by atoms with Gasteiger partial charge in [0.15, 0.2) is 5.82 Å². The monoisotopic (exact) mass is 1050 g/mol. The van der Waals surface area contributed by atoms with E-state index < -0.39 is 41.5 Å². The maximum atomic E-state index is 14.0. The van der Waals surface area contributed by atoms with Gasteiger partial charge in [0.25, 0.3) is 0 Å². The lowest BCUT2D eigenvalue weighted by Crippen LogP contribution is -2.58. The lowest BCUT2D eigenvalue weighted by molar-refractivity contribution is -0.144. The first-order chi connectivity index (χ1) is 34.9. The maximum absolute atomic E-state index is 14.0. The molecule has 4 atom stereocenters. The largest absolute Gasteiger partial charge is 0.491 e. The van der Waals surface area contributed by atoms with Crippen LogP contribution in [0.5, 0.6) is 5.75 Å². The molecule has 4 N–H and O–H groups in total. The third-order valence-electron chi connectivity index (χ3n) is 12.8. The Labute approximate surface area is 438 Å². The Balaban J connectivity index is 0.753. The second kappa shape index (κ2) is 23.3. The minimum atomic E-state index is -0.982. The fraction of sp³-hybridized carbons (Fsp3) is 0.389. The van der Waals surface area contributed by atoms with E-state index >= 15 is 0 Å². The Bertz CT molecular complexity index is 2960. The summed E-state index contributed by atoms with van der Waals surface area (Å²) >= 11 is 9.58. The molecule has 0 saturated carbocycles. The molecule has 3 aromatic carbocycles. The summed E-state index contributed by atoms with van der Waals surface area (Å²) < 4.78 is 19.1. The molecular weight excluding hydrogens is 988 g/mol. The molecule has 8 rings (SSSR count). The van der Waals surface area contributed by atoms with E-state index in [0.717, 1.165) is 43.4 Å². The van der Waals surface area contributed by atoms with Crippen molar-refractivity contribution in [2.45, 2.75) is 92.1 Å². The minimum Gasteiger partial charge on any atom is -0.491 e. The van der Waals surface area contributed by atoms with E-state index in [-0.39, 0.29) is 70.8 Å². The molecule has 0 bridgehead atoms. The van der Waals surface area contributed by atoms with Crippen LogP contribution in [0.25, 0.3) is 15.4 Å². The smallest absolute Gasteiger partial charge is 0.246 e. The Morgan fingerprint density at radius 3 is 2.26 bits per heavy atom. The maximum Gasteiger partial charge on any atom is 0.246 e. The molecule has 2 aliphatic rings. The topological polar surface area (TPSA) is 199 Å². The lowest BCUT2D eigenvalue weighted by atomic mass is 9.85. The van der Waals surface area contributed by atoms with Gasteiger partial charge in [0.05, 0.1) is 38.1 Å². The molecule has 1 saturated heterocycles. The highest BCUT2D eigenvalue weighted by molar-refractivity contribution is 7.15. The second-order valence-corrected chi connectivity index (χ2v) is 21.9. The minimum absolute atomic E-state index is 0.0239. The highest BCUT2D eigenvalue weighted by Crippen LogP contribution is 2.40. The molecule has 0 spiro atoms. The van der Waals surface area contributed by atoms with E-state index in [4.69, 9.17) is 30.8 Å². The molecule has 0 unspecified atom stereocenters. The van der Waals surface area contributed by atoms with Crippen molar-refractivity contribution in [1.29, 1.82) is 0 Å². The van der Waals surface area contributed by atoms with Crippen LogP contribution < -0.4 is 20.7 Å². The van der Waals surface area contributed by atoms with Gasteiger partial charge in [-0.3, -0.25) is 28.7 Å². The fourth-order valence-corrected chi connectivity index (χ4v) is 11.1. The zero-order chi connectivity index (χ0) is 52.0. The van der Waals surface area contributed by atoms with E-state index in [9.17, 15) is 24.3 Å². The highest BCUT2D eigenvalue weighted by atomic mass is 35.5. The molecule has 5 heterocycles. The first-order valence-corrected chi connectivity index (χ1v) is 26.3. The number of halogens is 1. The summed E-state index contributed by atoms with van der Waals surface area (Å²) in [6.45, 7) is 14.4. The average Bonchev–Trinajstić information content (AvgIpc) is 4.13. The van der Waals surface area contributed by atoms with Crippen molar-refractivity contribution in [2.24, 2.45) is 10.4 Å². The standard InChI is InChI=1S/C54H61ClN8O8S2/c1-31-20-25-72-48(31)37-10-8-35(9-11-37)28-56-51(67)43-26-40(64)29-62(43)52(68)49(54(5,6)7)59-45(66)30-70-22-21-69-23-24-71-41-18-16-39(17-19-41)57-44(65)27-42-50-61-60-34(4)63(50)53-46(32(2)33(3)73-53)47(58-42)36-12-14-38(55)15-13-36/h8-20,25,40,42-43,49,64H,21-24,26-30H2,1-7H3,(H,56,67)(H,57,65)(H,59,66)/t40-,42+,43+,49-/m1/s1. The molecule has 384 valence electrons. The van der Waals surface area contributed by atoms with Gasteiger partial charge in [0.2, 0.25) is 23.6 Å². The number of fused-ring (bicyclic) bond motifs is 3. The van der Waals surface area contributed by atoms with Crippen LogP contribution in [0.3, 0.4) is 0 Å². The number of ether oxygens (including phenoxy) is 3. The number of β-amino-alcohol motifs (C(OH)–C–C–N with tert-alkyl or cyclic N) is 1. The van der Waals surface area contributed by atoms with E-state index in [1.54, 1.807) is 46.9 Å². The number of carbonyl (C=O) groups is 4. The van der Waals surface area contributed by atoms with Gasteiger partial charge in [0.1, 0.15) is 47.9 Å². The summed E-state index contributed by atoms with van der Waals surface area (Å²) in [4.78, 5) is 63.1. The number of hydrogen-bond donors (Lipinski definition) is 4. The number of aliphatic hydroxyl groups excluding tert-OH is 1. The molecule has 4 amide bonds. The van der Waals surface area contributed by atoms with Gasteiger partial charge in [0, 0.05) is 51.1 Å². The summed E-state index contributed by atoms with van der Waals surface area (Å²) in [5, 5.41) is 31.8. The number of aliphatic imine (C=N–C) groups is 1. The van der Waals surface area contributed by atoms with Crippen LogP contribution in [-0.2, 0) is 35.2 Å². The number of rotatable bonds is 19. The predicted octanol–water partition coefficient (Wildman–Crippen LogP) is 8.09. The number of hydrogen-bond acceptors (Lipinski definition) is 13. The molecule has 0 radical (unpaired) electrons. The number of thiophene rings is 2. The Kier molecular flexibility index (Phi) is 16.9. The molecule has 73 heavy (non-hydrogen) atoms. The number of aliphatic hydroxyl groups is 1. The molecule has 6 aromatic rings. The average molecular weight is 1050 g/mol. The first kappa shape index (κ1) is 53.0. The third kappa shape index (κ3) is 12.7. The van der Waals surface area contributed by atoms with E-state index in [0.29, 0.717) is 28.1 Å². The number of carbonyl (C=O) groups excluding carboxylic acids is 4. The number of aryl methyl sites for hydroxylation is 3. The molecule has 0 aliphatic carbocycles. The SMILES string of the molecule is Cc1ccsc1-c1ccc(CNC(=O)[C@@H]2C[C@@H](O)CN2C(=O)[C@@H](NC(=O)COCCOCCOc2ccc(NC(=O)C[C@@H]3N=C(c4ccc(Cl)cc4)c4c(sc(C)c4C)-n4c(C)nnc43)cc2)C(C)(C)C)cc1. The zero-order valence-electron chi connectivity index (χ0n) is 42.0. The summed E-state index contributed by atoms with van der Waals surface area (Å²) in [5.41, 5.74) is 6.86. The Morgan fingerprint density at radius 2 is 1.56 bits per heavy atom. The predicted molar refractivity (Wildman–Crippen MR) is 284 cm³/mol. The molecule has 3 aromatic heterocycles. The Morgan fingerprint density at radius 1 is 0.863 bits per heavy atom. The van der Waals surface area contributed by atoms with Gasteiger partial charge in [-0.1, -0.05) is 68.8 Å². The quantitative estimate of drug-likeness (QED) is 0.0576. The molecule has 2 aliphatic heterocycles. The number of amides is 4. The molecule has 16 nitrogen and oxygen atoms in total. The number of nitrogens with zero attached hydrogens (tertiary/aromatic N) is 5. The molecule has 19 heteroatoms. The van der Waals surface area contributed by atoms with Crippen molar-refractivity contribution < 1.29 is 38.5 Å². The zero-order valence-corrected chi connectivity index (χ0v) is 44.4. The summed E-state index contributed by atoms with van der Waals surface area (Å²) in [6.07, 6.45) is -0.756. The van der Waals surface area contributed by atoms with Gasteiger partial charge < -0.3 is 40.2 Å². The van der Waals surface area contributed by atoms with E-state index in [2.05, 4.69) is 58.4 Å². The van der Waals surface area contributed by atoms with Crippen LogP contribution in [0.4, 0.5) is 5.69 Å². The van der Waals surface area contributed by atoms with Crippen molar-refractivity contribution in [1.82, 2.24) is 30.3 Å². The number of anilines is 1. The van der Waals surface area contributed by atoms with Crippen LogP contribution in [-0.4, -0.2) is 112 Å². The van der Waals surface area contributed by atoms with Gasteiger partial charge >= 0.3 is 0 Å². The summed E-state index contributed by atoms with van der Waals surface area (Å²) in [5.74, 6) is 0.326.